The van der Waals surface area contributed by atoms with E-state index in [0.29, 0.717) is 55.7 Å². The number of amides is 2. The van der Waals surface area contributed by atoms with Crippen LogP contribution < -0.4 is 20.3 Å². The number of hydrogen-bond donors (Lipinski definition) is 1. The number of aromatic nitrogens is 2. The average Bonchev–Trinajstić information content (AvgIpc) is 3.56. The molecule has 1 unspecified atom stereocenters. The summed E-state index contributed by atoms with van der Waals surface area (Å²) in [4.78, 5) is 41.4. The van der Waals surface area contributed by atoms with Gasteiger partial charge in [0.25, 0.3) is 5.91 Å². The number of carbonyl (C=O) groups is 2. The quantitative estimate of drug-likeness (QED) is 0.508. The van der Waals surface area contributed by atoms with E-state index in [4.69, 9.17) is 15.5 Å². The van der Waals surface area contributed by atoms with Crippen LogP contribution in [-0.4, -0.2) is 91.0 Å². The third-order valence-corrected chi connectivity index (χ3v) is 8.16. The SMILES string of the molecule is C=CC(=O)N1CC2(CCN(c3nc(OCC4CCCN4C)nc(N(C)c4ccccc4C(N)=O)c3C#N)C2)C1. The minimum absolute atomic E-state index is 0.0471. The molecule has 3 fully saturated rings. The first-order valence-electron chi connectivity index (χ1n) is 13.2. The smallest absolute Gasteiger partial charge is 0.320 e. The summed E-state index contributed by atoms with van der Waals surface area (Å²) >= 11 is 0. The fourth-order valence-electron chi connectivity index (χ4n) is 5.93. The zero-order chi connectivity index (χ0) is 27.7. The summed E-state index contributed by atoms with van der Waals surface area (Å²) in [6, 6.07) is 9.71. The topological polar surface area (TPSA) is 132 Å². The number of nitrogens with zero attached hydrogens (tertiary/aromatic N) is 7. The van der Waals surface area contributed by atoms with Crippen molar-refractivity contribution in [1.82, 2.24) is 19.8 Å². The average molecular weight is 531 g/mol. The molecule has 1 atom stereocenters. The van der Waals surface area contributed by atoms with Crippen LogP contribution in [0.2, 0.25) is 0 Å². The molecule has 2 aromatic rings. The summed E-state index contributed by atoms with van der Waals surface area (Å²) in [6.45, 7) is 7.69. The minimum Gasteiger partial charge on any atom is -0.462 e. The maximum atomic E-state index is 12.2. The van der Waals surface area contributed by atoms with E-state index in [1.807, 2.05) is 0 Å². The minimum atomic E-state index is -0.573. The Hall–Kier alpha value is -4.17. The van der Waals surface area contributed by atoms with Crippen LogP contribution in [0.5, 0.6) is 6.01 Å². The number of likely N-dealkylation sites (tertiary alicyclic amines) is 2. The molecule has 39 heavy (non-hydrogen) atoms. The van der Waals surface area contributed by atoms with Gasteiger partial charge in [0.1, 0.15) is 18.2 Å². The molecular formula is C28H34N8O3. The Balaban J connectivity index is 1.50. The molecule has 3 aliphatic rings. The fourth-order valence-corrected chi connectivity index (χ4v) is 5.93. The van der Waals surface area contributed by atoms with Crippen molar-refractivity contribution in [2.45, 2.75) is 25.3 Å². The van der Waals surface area contributed by atoms with Gasteiger partial charge in [-0.2, -0.15) is 15.2 Å². The van der Waals surface area contributed by atoms with E-state index in [2.05, 4.69) is 34.5 Å². The number of hydrogen-bond acceptors (Lipinski definition) is 9. The van der Waals surface area contributed by atoms with Gasteiger partial charge < -0.3 is 30.1 Å². The van der Waals surface area contributed by atoms with E-state index in [9.17, 15) is 14.9 Å². The molecule has 11 nitrogen and oxygen atoms in total. The third kappa shape index (κ3) is 5.00. The zero-order valence-electron chi connectivity index (χ0n) is 22.5. The van der Waals surface area contributed by atoms with Crippen LogP contribution in [0.3, 0.4) is 0 Å². The van der Waals surface area contributed by atoms with Crippen LogP contribution in [0, 0.1) is 16.7 Å². The second-order valence-electron chi connectivity index (χ2n) is 10.7. The number of rotatable bonds is 8. The summed E-state index contributed by atoms with van der Waals surface area (Å²) in [6.07, 6.45) is 4.37. The number of likely N-dealkylation sites (N-methyl/N-ethyl adjacent to an activating group) is 1. The highest BCUT2D eigenvalue weighted by Crippen LogP contribution is 2.43. The van der Waals surface area contributed by atoms with Gasteiger partial charge in [-0.05, 0) is 51.1 Å². The summed E-state index contributed by atoms with van der Waals surface area (Å²) < 4.78 is 6.14. The van der Waals surface area contributed by atoms with E-state index in [-0.39, 0.29) is 28.9 Å². The Bertz CT molecular complexity index is 1330. The van der Waals surface area contributed by atoms with E-state index < -0.39 is 5.91 Å². The van der Waals surface area contributed by atoms with E-state index >= 15 is 0 Å². The van der Waals surface area contributed by atoms with Crippen molar-refractivity contribution in [1.29, 1.82) is 5.26 Å². The van der Waals surface area contributed by atoms with Gasteiger partial charge in [-0.15, -0.1) is 0 Å². The molecular weight excluding hydrogens is 496 g/mol. The van der Waals surface area contributed by atoms with Crippen molar-refractivity contribution < 1.29 is 14.3 Å². The van der Waals surface area contributed by atoms with Gasteiger partial charge in [0.05, 0.1) is 11.3 Å². The Labute approximate surface area is 228 Å². The highest BCUT2D eigenvalue weighted by atomic mass is 16.5. The molecule has 204 valence electrons. The Kier molecular flexibility index (Phi) is 7.14. The number of benzene rings is 1. The number of para-hydroxylation sites is 1. The molecule has 0 bridgehead atoms. The highest BCUT2D eigenvalue weighted by molar-refractivity contribution is 5.99. The molecule has 1 aromatic carbocycles. The van der Waals surface area contributed by atoms with Crippen LogP contribution in [0.1, 0.15) is 35.2 Å². The molecule has 2 amide bonds. The Morgan fingerprint density at radius 3 is 2.72 bits per heavy atom. The standard InChI is InChI=1S/C28H34N8O3/c1-4-23(37)36-17-28(18-36)11-13-35(16-28)26-21(14-29)25(34(3)22-10-6-5-9-20(22)24(30)38)31-27(32-26)39-15-19-8-7-12-33(19)2/h4-6,9-10,19H,1,7-8,11-13,15-18H2,2-3H3,(H2,30,38). The second kappa shape index (κ2) is 10.5. The molecule has 5 rings (SSSR count). The Morgan fingerprint density at radius 2 is 2.05 bits per heavy atom. The third-order valence-electron chi connectivity index (χ3n) is 8.16. The van der Waals surface area contributed by atoms with Crippen LogP contribution in [0.25, 0.3) is 0 Å². The predicted molar refractivity (Wildman–Crippen MR) is 147 cm³/mol. The number of primary amides is 1. The monoisotopic (exact) mass is 530 g/mol. The summed E-state index contributed by atoms with van der Waals surface area (Å²) in [5.74, 6) is 0.189. The van der Waals surface area contributed by atoms with Gasteiger partial charge in [-0.25, -0.2) is 0 Å². The molecule has 0 saturated carbocycles. The molecule has 4 heterocycles. The maximum Gasteiger partial charge on any atom is 0.320 e. The summed E-state index contributed by atoms with van der Waals surface area (Å²) in [5, 5.41) is 10.3. The molecule has 1 aromatic heterocycles. The molecule has 1 spiro atoms. The molecule has 3 aliphatic heterocycles. The molecule has 0 radical (unpaired) electrons. The van der Waals surface area contributed by atoms with Crippen LogP contribution >= 0.6 is 0 Å². The first-order chi connectivity index (χ1) is 18.7. The summed E-state index contributed by atoms with van der Waals surface area (Å²) in [7, 11) is 3.83. The zero-order valence-corrected chi connectivity index (χ0v) is 22.5. The number of ether oxygens (including phenoxy) is 1. The van der Waals surface area contributed by atoms with E-state index in [1.54, 1.807) is 41.1 Å². The van der Waals surface area contributed by atoms with Crippen molar-refractivity contribution in [2.24, 2.45) is 11.1 Å². The van der Waals surface area contributed by atoms with Crippen LogP contribution in [-0.2, 0) is 4.79 Å². The van der Waals surface area contributed by atoms with E-state index in [0.717, 1.165) is 25.8 Å². The van der Waals surface area contributed by atoms with Gasteiger partial charge in [-0.3, -0.25) is 9.59 Å². The number of nitriles is 1. The van der Waals surface area contributed by atoms with Gasteiger partial charge in [0.2, 0.25) is 5.91 Å². The fraction of sp³-hybridized carbons (Fsp3) is 0.464. The lowest BCUT2D eigenvalue weighted by Crippen LogP contribution is -2.59. The second-order valence-corrected chi connectivity index (χ2v) is 10.7. The van der Waals surface area contributed by atoms with Crippen molar-refractivity contribution in [3.63, 3.8) is 0 Å². The largest absolute Gasteiger partial charge is 0.462 e. The number of nitrogens with two attached hydrogens (primary N) is 1. The lowest BCUT2D eigenvalue weighted by molar-refractivity contribution is -0.136. The normalized spacial score (nSPS) is 20.0. The molecule has 2 N–H and O–H groups in total. The maximum absolute atomic E-state index is 12.2. The van der Waals surface area contributed by atoms with Crippen molar-refractivity contribution in [3.8, 4) is 12.1 Å². The number of anilines is 3. The van der Waals surface area contributed by atoms with Gasteiger partial charge in [-0.1, -0.05) is 18.7 Å². The van der Waals surface area contributed by atoms with Gasteiger partial charge >= 0.3 is 6.01 Å². The summed E-state index contributed by atoms with van der Waals surface area (Å²) in [5.41, 5.74) is 6.74. The Morgan fingerprint density at radius 1 is 1.28 bits per heavy atom. The lowest BCUT2D eigenvalue weighted by Gasteiger charge is -2.47. The molecule has 11 heteroatoms. The van der Waals surface area contributed by atoms with Crippen molar-refractivity contribution in [2.75, 3.05) is 63.2 Å². The first kappa shape index (κ1) is 26.4. The van der Waals surface area contributed by atoms with Crippen molar-refractivity contribution in [3.05, 3.63) is 48.0 Å². The first-order valence-corrected chi connectivity index (χ1v) is 13.2. The highest BCUT2D eigenvalue weighted by Gasteiger charge is 2.49. The van der Waals surface area contributed by atoms with Gasteiger partial charge in [0.15, 0.2) is 11.6 Å². The molecule has 0 aliphatic carbocycles. The lowest BCUT2D eigenvalue weighted by atomic mass is 9.79. The van der Waals surface area contributed by atoms with Gasteiger partial charge in [0, 0.05) is 44.7 Å². The van der Waals surface area contributed by atoms with Crippen LogP contribution in [0.4, 0.5) is 17.3 Å². The molecule has 3 saturated heterocycles. The predicted octanol–water partition coefficient (Wildman–Crippen LogP) is 1.91. The van der Waals surface area contributed by atoms with Crippen LogP contribution in [0.15, 0.2) is 36.9 Å². The number of carbonyl (C=O) groups excluding carboxylic acids is 2. The van der Waals surface area contributed by atoms with E-state index in [1.165, 1.54) is 6.08 Å². The van der Waals surface area contributed by atoms with Crippen molar-refractivity contribution >= 4 is 29.1 Å².